The zero-order chi connectivity index (χ0) is 14.5. The summed E-state index contributed by atoms with van der Waals surface area (Å²) in [4.78, 5) is 4.45. The molecule has 1 heterocycles. The lowest BCUT2D eigenvalue weighted by atomic mass is 10.2. The number of pyridine rings is 1. The van der Waals surface area contributed by atoms with E-state index in [1.54, 1.807) is 18.2 Å². The van der Waals surface area contributed by atoms with Gasteiger partial charge in [0.15, 0.2) is 0 Å². The average molecular weight is 311 g/mol. The van der Waals surface area contributed by atoms with Gasteiger partial charge in [0.25, 0.3) is 0 Å². The van der Waals surface area contributed by atoms with Crippen LogP contribution in [0.15, 0.2) is 30.3 Å². The van der Waals surface area contributed by atoms with Crippen LogP contribution in [-0.4, -0.2) is 12.0 Å². The molecule has 2 aromatic rings. The fraction of sp³-hybridized carbons (Fsp3) is 0.267. The molecule has 0 atom stereocenters. The van der Waals surface area contributed by atoms with Crippen molar-refractivity contribution < 1.29 is 4.74 Å². The highest BCUT2D eigenvalue weighted by Gasteiger charge is 2.07. The van der Waals surface area contributed by atoms with E-state index >= 15 is 0 Å². The van der Waals surface area contributed by atoms with Crippen LogP contribution in [0.1, 0.15) is 18.2 Å². The number of halogens is 2. The number of benzene rings is 1. The average Bonchev–Trinajstić information content (AvgIpc) is 2.42. The fourth-order valence-electron chi connectivity index (χ4n) is 1.83. The van der Waals surface area contributed by atoms with Gasteiger partial charge in [-0.1, -0.05) is 30.1 Å². The third-order valence-corrected chi connectivity index (χ3v) is 3.30. The molecule has 0 saturated carbocycles. The van der Waals surface area contributed by atoms with E-state index in [4.69, 9.17) is 27.9 Å². The van der Waals surface area contributed by atoms with E-state index in [1.807, 2.05) is 13.1 Å². The molecule has 0 spiro atoms. The molecule has 0 amide bonds. The summed E-state index contributed by atoms with van der Waals surface area (Å²) in [6, 6.07) is 9.09. The van der Waals surface area contributed by atoms with Gasteiger partial charge in [0, 0.05) is 23.3 Å². The molecular formula is C15H16Cl2N2O. The SMILES string of the molecule is CCc1cc(CNC)cc(Oc2ccc(Cl)cc2Cl)n1. The highest BCUT2D eigenvalue weighted by atomic mass is 35.5. The summed E-state index contributed by atoms with van der Waals surface area (Å²) in [7, 11) is 1.91. The van der Waals surface area contributed by atoms with Crippen LogP contribution >= 0.6 is 23.2 Å². The Labute approximate surface area is 128 Å². The van der Waals surface area contributed by atoms with Crippen LogP contribution in [0.4, 0.5) is 0 Å². The second-order valence-corrected chi connectivity index (χ2v) is 5.21. The molecule has 0 aliphatic rings. The predicted octanol–water partition coefficient (Wildman–Crippen LogP) is 4.46. The molecular weight excluding hydrogens is 295 g/mol. The largest absolute Gasteiger partial charge is 0.437 e. The summed E-state index contributed by atoms with van der Waals surface area (Å²) >= 11 is 12.0. The Kier molecular flexibility index (Phi) is 5.24. The van der Waals surface area contributed by atoms with Crippen molar-refractivity contribution in [2.24, 2.45) is 0 Å². The molecule has 0 bridgehead atoms. The lowest BCUT2D eigenvalue weighted by Gasteiger charge is -2.10. The molecule has 1 aromatic carbocycles. The molecule has 1 aromatic heterocycles. The Hall–Kier alpha value is -1.29. The zero-order valence-electron chi connectivity index (χ0n) is 11.4. The Morgan fingerprint density at radius 2 is 2.00 bits per heavy atom. The number of ether oxygens (including phenoxy) is 1. The van der Waals surface area contributed by atoms with Gasteiger partial charge in [0.05, 0.1) is 5.02 Å². The number of aromatic nitrogens is 1. The van der Waals surface area contributed by atoms with Crippen molar-refractivity contribution in [3.63, 3.8) is 0 Å². The van der Waals surface area contributed by atoms with Gasteiger partial charge in [-0.25, -0.2) is 4.98 Å². The van der Waals surface area contributed by atoms with Crippen molar-refractivity contribution in [1.29, 1.82) is 0 Å². The van der Waals surface area contributed by atoms with Crippen LogP contribution in [-0.2, 0) is 13.0 Å². The van der Waals surface area contributed by atoms with E-state index in [2.05, 4.69) is 23.3 Å². The summed E-state index contributed by atoms with van der Waals surface area (Å²) in [5, 5.41) is 4.16. The maximum absolute atomic E-state index is 6.10. The third-order valence-electron chi connectivity index (χ3n) is 2.77. The van der Waals surface area contributed by atoms with Gasteiger partial charge in [0.2, 0.25) is 5.88 Å². The zero-order valence-corrected chi connectivity index (χ0v) is 12.9. The maximum atomic E-state index is 6.10. The van der Waals surface area contributed by atoms with Crippen LogP contribution in [0.5, 0.6) is 11.6 Å². The first-order valence-electron chi connectivity index (χ1n) is 6.39. The monoisotopic (exact) mass is 310 g/mol. The van der Waals surface area contributed by atoms with Crippen molar-refractivity contribution >= 4 is 23.2 Å². The number of aryl methyl sites for hydroxylation is 1. The van der Waals surface area contributed by atoms with Gasteiger partial charge in [-0.3, -0.25) is 0 Å². The lowest BCUT2D eigenvalue weighted by molar-refractivity contribution is 0.460. The van der Waals surface area contributed by atoms with Crippen LogP contribution in [0.2, 0.25) is 10.0 Å². The first kappa shape index (κ1) is 15.1. The second-order valence-electron chi connectivity index (χ2n) is 4.37. The predicted molar refractivity (Wildman–Crippen MR) is 82.9 cm³/mol. The molecule has 0 radical (unpaired) electrons. The summed E-state index contributed by atoms with van der Waals surface area (Å²) in [5.41, 5.74) is 2.11. The molecule has 20 heavy (non-hydrogen) atoms. The van der Waals surface area contributed by atoms with Crippen LogP contribution < -0.4 is 10.1 Å². The lowest BCUT2D eigenvalue weighted by Crippen LogP contribution is -2.06. The van der Waals surface area contributed by atoms with E-state index in [0.717, 1.165) is 24.2 Å². The standard InChI is InChI=1S/C15H16Cl2N2O/c1-3-12-6-10(9-18-2)7-15(19-12)20-14-5-4-11(16)8-13(14)17/h4-8,18H,3,9H2,1-2H3. The first-order chi connectivity index (χ1) is 9.62. The molecule has 106 valence electrons. The molecule has 1 N–H and O–H groups in total. The van der Waals surface area contributed by atoms with Crippen LogP contribution in [0.25, 0.3) is 0 Å². The van der Waals surface area contributed by atoms with Gasteiger partial charge in [-0.15, -0.1) is 0 Å². The van der Waals surface area contributed by atoms with E-state index in [-0.39, 0.29) is 0 Å². The third kappa shape index (κ3) is 3.85. The Morgan fingerprint density at radius 1 is 1.20 bits per heavy atom. The molecule has 0 aliphatic heterocycles. The summed E-state index contributed by atoms with van der Waals surface area (Å²) < 4.78 is 5.76. The van der Waals surface area contributed by atoms with Crippen molar-refractivity contribution in [1.82, 2.24) is 10.3 Å². The quantitative estimate of drug-likeness (QED) is 0.885. The minimum Gasteiger partial charge on any atom is -0.437 e. The van der Waals surface area contributed by atoms with E-state index in [0.29, 0.717) is 21.7 Å². The van der Waals surface area contributed by atoms with Crippen molar-refractivity contribution in [2.75, 3.05) is 7.05 Å². The molecule has 0 fully saturated rings. The number of nitrogens with zero attached hydrogens (tertiary/aromatic N) is 1. The summed E-state index contributed by atoms with van der Waals surface area (Å²) in [6.07, 6.45) is 0.849. The van der Waals surface area contributed by atoms with Gasteiger partial charge in [-0.2, -0.15) is 0 Å². The molecule has 3 nitrogen and oxygen atoms in total. The molecule has 5 heteroatoms. The van der Waals surface area contributed by atoms with Crippen molar-refractivity contribution in [3.8, 4) is 11.6 Å². The summed E-state index contributed by atoms with van der Waals surface area (Å²) in [6.45, 7) is 2.82. The van der Waals surface area contributed by atoms with Crippen LogP contribution in [0, 0.1) is 0 Å². The Morgan fingerprint density at radius 3 is 2.65 bits per heavy atom. The fourth-order valence-corrected chi connectivity index (χ4v) is 2.28. The topological polar surface area (TPSA) is 34.1 Å². The number of hydrogen-bond acceptors (Lipinski definition) is 3. The van der Waals surface area contributed by atoms with E-state index in [9.17, 15) is 0 Å². The van der Waals surface area contributed by atoms with Gasteiger partial charge in [-0.05, 0) is 43.3 Å². The minimum atomic E-state index is 0.469. The van der Waals surface area contributed by atoms with E-state index in [1.165, 1.54) is 0 Å². The number of rotatable bonds is 5. The number of hydrogen-bond donors (Lipinski definition) is 1. The molecule has 0 saturated heterocycles. The van der Waals surface area contributed by atoms with Crippen molar-refractivity contribution in [3.05, 3.63) is 51.6 Å². The van der Waals surface area contributed by atoms with Crippen LogP contribution in [0.3, 0.4) is 0 Å². The van der Waals surface area contributed by atoms with Crippen molar-refractivity contribution in [2.45, 2.75) is 19.9 Å². The van der Waals surface area contributed by atoms with Gasteiger partial charge in [0.1, 0.15) is 5.75 Å². The highest BCUT2D eigenvalue weighted by molar-refractivity contribution is 6.35. The van der Waals surface area contributed by atoms with Gasteiger partial charge >= 0.3 is 0 Å². The Balaban J connectivity index is 2.29. The second kappa shape index (κ2) is 6.93. The Bertz CT molecular complexity index is 602. The molecule has 2 rings (SSSR count). The summed E-state index contributed by atoms with van der Waals surface area (Å²) in [5.74, 6) is 1.09. The first-order valence-corrected chi connectivity index (χ1v) is 7.15. The number of nitrogens with one attached hydrogen (secondary N) is 1. The van der Waals surface area contributed by atoms with E-state index < -0.39 is 0 Å². The smallest absolute Gasteiger partial charge is 0.219 e. The molecule has 0 aliphatic carbocycles. The normalized spacial score (nSPS) is 10.6. The maximum Gasteiger partial charge on any atom is 0.219 e. The van der Waals surface area contributed by atoms with Gasteiger partial charge < -0.3 is 10.1 Å². The minimum absolute atomic E-state index is 0.469. The molecule has 0 unspecified atom stereocenters. The highest BCUT2D eigenvalue weighted by Crippen LogP contribution is 2.31.